The van der Waals surface area contributed by atoms with E-state index in [1.54, 1.807) is 13.8 Å². The zero-order valence-corrected chi connectivity index (χ0v) is 21.3. The highest BCUT2D eigenvalue weighted by atomic mass is 19.2. The molecule has 0 aliphatic rings. The third-order valence-electron chi connectivity index (χ3n) is 6.12. The monoisotopic (exact) mass is 519 g/mol. The first-order valence-corrected chi connectivity index (χ1v) is 12.2. The quantitative estimate of drug-likeness (QED) is 0.234. The van der Waals surface area contributed by atoms with Crippen molar-refractivity contribution in [1.82, 2.24) is 5.16 Å². The Hall–Kier alpha value is -4.33. The normalized spacial score (nSPS) is 11.7. The molecule has 0 saturated carbocycles. The predicted octanol–water partition coefficient (Wildman–Crippen LogP) is 6.55. The van der Waals surface area contributed by atoms with E-state index in [1.165, 1.54) is 19.1 Å². The summed E-state index contributed by atoms with van der Waals surface area (Å²) in [5.74, 6) is -2.49. The molecular weight excluding hydrogens is 492 g/mol. The van der Waals surface area contributed by atoms with Gasteiger partial charge in [-0.15, -0.1) is 0 Å². The molecule has 38 heavy (non-hydrogen) atoms. The van der Waals surface area contributed by atoms with Gasteiger partial charge in [0.2, 0.25) is 0 Å². The van der Waals surface area contributed by atoms with Crippen LogP contribution in [0.1, 0.15) is 42.3 Å². The number of hydrogen-bond acceptors (Lipinski definition) is 6. The van der Waals surface area contributed by atoms with Crippen molar-refractivity contribution in [2.24, 2.45) is 0 Å². The Kier molecular flexibility index (Phi) is 8.31. The van der Waals surface area contributed by atoms with Crippen LogP contribution in [0.5, 0.6) is 0 Å². The summed E-state index contributed by atoms with van der Waals surface area (Å²) in [6.45, 7) is 5.33. The number of aromatic nitrogens is 1. The summed E-state index contributed by atoms with van der Waals surface area (Å²) in [6, 6.07) is 19.0. The van der Waals surface area contributed by atoms with Crippen LogP contribution in [0.4, 0.5) is 8.78 Å². The molecule has 1 heterocycles. The van der Waals surface area contributed by atoms with Crippen LogP contribution < -0.4 is 0 Å². The Labute approximate surface area is 219 Å². The van der Waals surface area contributed by atoms with E-state index in [-0.39, 0.29) is 24.4 Å². The van der Waals surface area contributed by atoms with E-state index in [1.807, 2.05) is 48.5 Å². The van der Waals surface area contributed by atoms with Gasteiger partial charge in [-0.05, 0) is 43.5 Å². The molecule has 1 atom stereocenters. The van der Waals surface area contributed by atoms with E-state index in [0.717, 1.165) is 28.3 Å². The first kappa shape index (κ1) is 26.7. The third kappa shape index (κ3) is 6.14. The van der Waals surface area contributed by atoms with Gasteiger partial charge in [-0.3, -0.25) is 9.59 Å². The Bertz CT molecular complexity index is 1430. The average molecular weight is 520 g/mol. The van der Waals surface area contributed by atoms with Crippen molar-refractivity contribution >= 4 is 11.9 Å². The van der Waals surface area contributed by atoms with Crippen LogP contribution in [-0.4, -0.2) is 23.7 Å². The molecule has 0 amide bonds. The number of benzene rings is 3. The minimum absolute atomic E-state index is 0.0369. The second-order valence-corrected chi connectivity index (χ2v) is 8.78. The van der Waals surface area contributed by atoms with Gasteiger partial charge in [0, 0.05) is 16.7 Å². The van der Waals surface area contributed by atoms with E-state index in [4.69, 9.17) is 14.0 Å². The molecule has 196 valence electrons. The molecule has 4 aromatic rings. The summed E-state index contributed by atoms with van der Waals surface area (Å²) in [4.78, 5) is 24.3. The van der Waals surface area contributed by atoms with Gasteiger partial charge in [0.15, 0.2) is 17.4 Å². The summed E-state index contributed by atoms with van der Waals surface area (Å²) in [6.07, 6.45) is -0.890. The molecule has 1 aromatic heterocycles. The molecule has 0 N–H and O–H groups in total. The van der Waals surface area contributed by atoms with Crippen molar-refractivity contribution in [2.75, 3.05) is 6.61 Å². The highest BCUT2D eigenvalue weighted by molar-refractivity contribution is 5.78. The van der Waals surface area contributed by atoms with Crippen LogP contribution in [-0.2, 0) is 31.9 Å². The number of esters is 2. The summed E-state index contributed by atoms with van der Waals surface area (Å²) < 4.78 is 43.5. The number of carbonyl (C=O) groups is 2. The van der Waals surface area contributed by atoms with Crippen molar-refractivity contribution in [2.45, 2.75) is 39.7 Å². The van der Waals surface area contributed by atoms with Crippen molar-refractivity contribution in [3.63, 3.8) is 0 Å². The lowest BCUT2D eigenvalue weighted by atomic mass is 9.99. The lowest BCUT2D eigenvalue weighted by Crippen LogP contribution is -2.13. The summed E-state index contributed by atoms with van der Waals surface area (Å²) >= 11 is 0. The highest BCUT2D eigenvalue weighted by Crippen LogP contribution is 2.30. The Morgan fingerprint density at radius 3 is 2.18 bits per heavy atom. The number of halogens is 2. The van der Waals surface area contributed by atoms with Gasteiger partial charge in [-0.1, -0.05) is 65.8 Å². The minimum atomic E-state index is -1.04. The maximum Gasteiger partial charge on any atom is 0.311 e. The van der Waals surface area contributed by atoms with Gasteiger partial charge in [0.25, 0.3) is 0 Å². The zero-order valence-electron chi connectivity index (χ0n) is 21.3. The van der Waals surface area contributed by atoms with E-state index in [0.29, 0.717) is 23.6 Å². The zero-order chi connectivity index (χ0) is 27.2. The average Bonchev–Trinajstić information content (AvgIpc) is 3.26. The molecule has 0 aliphatic heterocycles. The second kappa shape index (κ2) is 11.8. The van der Waals surface area contributed by atoms with E-state index < -0.39 is 23.7 Å². The SMILES string of the molecule is CCOC(=O)Cc1ccc(-c2ccc(-c3onc(C)c3CC(=O)OC(C)c3cccc(F)c3F)cc2)cc1. The van der Waals surface area contributed by atoms with E-state index in [9.17, 15) is 18.4 Å². The number of hydrogen-bond donors (Lipinski definition) is 0. The topological polar surface area (TPSA) is 78.6 Å². The van der Waals surface area contributed by atoms with Crippen LogP contribution in [0.2, 0.25) is 0 Å². The maximum absolute atomic E-state index is 14.1. The number of rotatable bonds is 9. The fourth-order valence-corrected chi connectivity index (χ4v) is 4.11. The molecular formula is C30H27F2NO5. The lowest BCUT2D eigenvalue weighted by Gasteiger charge is -2.14. The van der Waals surface area contributed by atoms with Gasteiger partial charge in [0.05, 0.1) is 25.1 Å². The van der Waals surface area contributed by atoms with Gasteiger partial charge in [-0.25, -0.2) is 8.78 Å². The largest absolute Gasteiger partial charge is 0.466 e. The van der Waals surface area contributed by atoms with Crippen LogP contribution >= 0.6 is 0 Å². The molecule has 3 aromatic carbocycles. The van der Waals surface area contributed by atoms with Crippen LogP contribution in [0.15, 0.2) is 71.3 Å². The third-order valence-corrected chi connectivity index (χ3v) is 6.12. The molecule has 4 rings (SSSR count). The van der Waals surface area contributed by atoms with Crippen LogP contribution in [0.3, 0.4) is 0 Å². The molecule has 0 bridgehead atoms. The van der Waals surface area contributed by atoms with E-state index in [2.05, 4.69) is 5.16 Å². The Balaban J connectivity index is 1.46. The molecule has 0 fully saturated rings. The van der Waals surface area contributed by atoms with Crippen LogP contribution in [0, 0.1) is 18.6 Å². The first-order chi connectivity index (χ1) is 18.3. The lowest BCUT2D eigenvalue weighted by molar-refractivity contribution is -0.148. The molecule has 0 radical (unpaired) electrons. The Morgan fingerprint density at radius 1 is 0.895 bits per heavy atom. The van der Waals surface area contributed by atoms with E-state index >= 15 is 0 Å². The molecule has 0 spiro atoms. The maximum atomic E-state index is 14.1. The summed E-state index contributed by atoms with van der Waals surface area (Å²) in [5, 5.41) is 4.01. The summed E-state index contributed by atoms with van der Waals surface area (Å²) in [5.41, 5.74) is 4.57. The fraction of sp³-hybridized carbons (Fsp3) is 0.233. The standard InChI is InChI=1S/C30H27F2NO5/c1-4-36-27(34)16-20-8-10-21(11-9-20)22-12-14-23(15-13-22)30-25(18(2)33-38-30)17-28(35)37-19(3)24-6-5-7-26(31)29(24)32/h5-15,19H,4,16-17H2,1-3H3. The molecule has 0 aliphatic carbocycles. The molecule has 0 saturated heterocycles. The minimum Gasteiger partial charge on any atom is -0.466 e. The summed E-state index contributed by atoms with van der Waals surface area (Å²) in [7, 11) is 0. The number of aryl methyl sites for hydroxylation is 1. The number of ether oxygens (including phenoxy) is 2. The van der Waals surface area contributed by atoms with Crippen LogP contribution in [0.25, 0.3) is 22.5 Å². The smallest absolute Gasteiger partial charge is 0.311 e. The van der Waals surface area contributed by atoms with Crippen molar-refractivity contribution in [1.29, 1.82) is 0 Å². The predicted molar refractivity (Wildman–Crippen MR) is 137 cm³/mol. The van der Waals surface area contributed by atoms with Crippen molar-refractivity contribution in [3.8, 4) is 22.5 Å². The van der Waals surface area contributed by atoms with Gasteiger partial charge in [-0.2, -0.15) is 0 Å². The van der Waals surface area contributed by atoms with Gasteiger partial charge in [0.1, 0.15) is 6.10 Å². The Morgan fingerprint density at radius 2 is 1.53 bits per heavy atom. The fourth-order valence-electron chi connectivity index (χ4n) is 4.11. The second-order valence-electron chi connectivity index (χ2n) is 8.78. The molecule has 8 heteroatoms. The molecule has 6 nitrogen and oxygen atoms in total. The highest BCUT2D eigenvalue weighted by Gasteiger charge is 2.22. The first-order valence-electron chi connectivity index (χ1n) is 12.2. The van der Waals surface area contributed by atoms with Crippen molar-refractivity contribution < 1.29 is 32.4 Å². The number of nitrogens with zero attached hydrogens (tertiary/aromatic N) is 1. The van der Waals surface area contributed by atoms with Gasteiger partial charge < -0.3 is 14.0 Å². The van der Waals surface area contributed by atoms with Gasteiger partial charge >= 0.3 is 11.9 Å². The van der Waals surface area contributed by atoms with Crippen molar-refractivity contribution in [3.05, 3.63) is 101 Å². The molecule has 1 unspecified atom stereocenters. The number of carbonyl (C=O) groups excluding carboxylic acids is 2.